The van der Waals surface area contributed by atoms with Crippen molar-refractivity contribution in [1.82, 2.24) is 5.32 Å². The SMILES string of the molecule is CS(=O)(=O)O.OC1CCCNC1. The predicted molar refractivity (Wildman–Crippen MR) is 45.6 cm³/mol. The molecule has 0 bridgehead atoms. The van der Waals surface area contributed by atoms with Gasteiger partial charge in [-0.15, -0.1) is 0 Å². The third-order valence-electron chi connectivity index (χ3n) is 1.27. The number of hydrogen-bond acceptors (Lipinski definition) is 4. The molecule has 0 amide bonds. The van der Waals surface area contributed by atoms with Gasteiger partial charge < -0.3 is 10.4 Å². The zero-order chi connectivity index (χ0) is 9.61. The lowest BCUT2D eigenvalue weighted by atomic mass is 10.1. The standard InChI is InChI=1S/C5H11NO.CH4O3S/c7-5-2-1-3-6-4-5;1-5(2,3)4/h5-7H,1-4H2;1H3,(H,2,3,4). The van der Waals surface area contributed by atoms with E-state index in [4.69, 9.17) is 9.66 Å². The topological polar surface area (TPSA) is 86.6 Å². The summed E-state index contributed by atoms with van der Waals surface area (Å²) in [5, 5.41) is 11.9. The first-order chi connectivity index (χ1) is 5.39. The van der Waals surface area contributed by atoms with Crippen molar-refractivity contribution >= 4 is 10.1 Å². The van der Waals surface area contributed by atoms with Crippen LogP contribution in [0.2, 0.25) is 0 Å². The van der Waals surface area contributed by atoms with Crippen molar-refractivity contribution in [1.29, 1.82) is 0 Å². The van der Waals surface area contributed by atoms with Gasteiger partial charge in [0.05, 0.1) is 12.4 Å². The van der Waals surface area contributed by atoms with Gasteiger partial charge >= 0.3 is 0 Å². The maximum atomic E-state index is 9.19. The number of aliphatic hydroxyl groups excluding tert-OH is 1. The Morgan fingerprint density at radius 2 is 2.00 bits per heavy atom. The van der Waals surface area contributed by atoms with Gasteiger partial charge in [-0.1, -0.05) is 0 Å². The molecular formula is C6H15NO4S. The lowest BCUT2D eigenvalue weighted by Crippen LogP contribution is -2.33. The van der Waals surface area contributed by atoms with E-state index in [1.54, 1.807) is 0 Å². The molecule has 0 aromatic heterocycles. The summed E-state index contributed by atoms with van der Waals surface area (Å²) in [4.78, 5) is 0. The van der Waals surface area contributed by atoms with E-state index in [-0.39, 0.29) is 6.10 Å². The Balaban J connectivity index is 0.000000217. The highest BCUT2D eigenvalue weighted by atomic mass is 32.2. The van der Waals surface area contributed by atoms with Crippen LogP contribution >= 0.6 is 0 Å². The highest BCUT2D eigenvalue weighted by Gasteiger charge is 2.06. The number of rotatable bonds is 0. The Labute approximate surface area is 72.5 Å². The molecule has 0 aromatic rings. The van der Waals surface area contributed by atoms with Crippen LogP contribution in [0, 0.1) is 0 Å². The Morgan fingerprint density at radius 1 is 1.50 bits per heavy atom. The van der Waals surface area contributed by atoms with E-state index in [0.717, 1.165) is 25.9 Å². The summed E-state index contributed by atoms with van der Waals surface area (Å²) in [6, 6.07) is 0. The number of piperidine rings is 1. The second kappa shape index (κ2) is 5.47. The summed E-state index contributed by atoms with van der Waals surface area (Å²) in [6.07, 6.45) is 2.75. The van der Waals surface area contributed by atoms with Crippen LogP contribution in [0.5, 0.6) is 0 Å². The molecular weight excluding hydrogens is 182 g/mol. The van der Waals surface area contributed by atoms with Crippen molar-refractivity contribution < 1.29 is 18.1 Å². The molecule has 74 valence electrons. The average molecular weight is 197 g/mol. The van der Waals surface area contributed by atoms with Crippen molar-refractivity contribution in [3.63, 3.8) is 0 Å². The number of β-amino-alcohol motifs (C(OH)–C–C–N with tert-alkyl or cyclic N) is 1. The molecule has 1 heterocycles. The summed E-state index contributed by atoms with van der Waals surface area (Å²) in [5.74, 6) is 0. The first-order valence-electron chi connectivity index (χ1n) is 3.71. The van der Waals surface area contributed by atoms with Crippen LogP contribution in [0.4, 0.5) is 0 Å². The van der Waals surface area contributed by atoms with E-state index < -0.39 is 10.1 Å². The normalized spacial score (nSPS) is 24.1. The summed E-state index contributed by atoms with van der Waals surface area (Å²) in [5.41, 5.74) is 0. The number of aliphatic hydroxyl groups is 1. The van der Waals surface area contributed by atoms with Crippen LogP contribution in [-0.4, -0.2) is 43.5 Å². The van der Waals surface area contributed by atoms with Gasteiger partial charge in [0, 0.05) is 6.54 Å². The fourth-order valence-electron chi connectivity index (χ4n) is 0.833. The largest absolute Gasteiger partial charge is 0.392 e. The zero-order valence-corrected chi connectivity index (χ0v) is 7.84. The van der Waals surface area contributed by atoms with Gasteiger partial charge in [0.1, 0.15) is 0 Å². The predicted octanol–water partition coefficient (Wildman–Crippen LogP) is -0.765. The fourth-order valence-corrected chi connectivity index (χ4v) is 0.833. The van der Waals surface area contributed by atoms with Gasteiger partial charge in [-0.25, -0.2) is 0 Å². The Bertz CT molecular complexity index is 188. The number of hydrogen-bond donors (Lipinski definition) is 3. The van der Waals surface area contributed by atoms with Gasteiger partial charge in [0.2, 0.25) is 0 Å². The van der Waals surface area contributed by atoms with E-state index in [9.17, 15) is 8.42 Å². The first-order valence-corrected chi connectivity index (χ1v) is 5.55. The molecule has 0 aromatic carbocycles. The van der Waals surface area contributed by atoms with Crippen molar-refractivity contribution in [3.05, 3.63) is 0 Å². The summed E-state index contributed by atoms with van der Waals surface area (Å²) in [6.45, 7) is 1.87. The molecule has 3 N–H and O–H groups in total. The Hall–Kier alpha value is -0.170. The van der Waals surface area contributed by atoms with Crippen LogP contribution in [0.25, 0.3) is 0 Å². The van der Waals surface area contributed by atoms with E-state index >= 15 is 0 Å². The van der Waals surface area contributed by atoms with Crippen LogP contribution in [-0.2, 0) is 10.1 Å². The molecule has 1 rings (SSSR count). The Morgan fingerprint density at radius 3 is 2.17 bits per heavy atom. The molecule has 1 aliphatic heterocycles. The molecule has 0 spiro atoms. The van der Waals surface area contributed by atoms with E-state index in [2.05, 4.69) is 5.32 Å². The zero-order valence-electron chi connectivity index (χ0n) is 7.02. The van der Waals surface area contributed by atoms with Crippen molar-refractivity contribution in [2.45, 2.75) is 18.9 Å². The lowest BCUT2D eigenvalue weighted by Gasteiger charge is -2.16. The van der Waals surface area contributed by atoms with Crippen LogP contribution < -0.4 is 5.32 Å². The molecule has 1 unspecified atom stereocenters. The molecule has 0 saturated carbocycles. The second-order valence-corrected chi connectivity index (χ2v) is 4.20. The molecule has 6 heteroatoms. The molecule has 0 aliphatic carbocycles. The third-order valence-corrected chi connectivity index (χ3v) is 1.27. The van der Waals surface area contributed by atoms with Crippen molar-refractivity contribution in [2.24, 2.45) is 0 Å². The highest BCUT2D eigenvalue weighted by Crippen LogP contribution is 1.98. The summed E-state index contributed by atoms with van der Waals surface area (Å²) < 4.78 is 25.9. The molecule has 5 nitrogen and oxygen atoms in total. The highest BCUT2D eigenvalue weighted by molar-refractivity contribution is 7.85. The van der Waals surface area contributed by atoms with Crippen LogP contribution in [0.1, 0.15) is 12.8 Å². The first kappa shape index (κ1) is 11.8. The minimum atomic E-state index is -3.67. The maximum Gasteiger partial charge on any atom is 0.261 e. The minimum Gasteiger partial charge on any atom is -0.392 e. The minimum absolute atomic E-state index is 0.0752. The smallest absolute Gasteiger partial charge is 0.261 e. The van der Waals surface area contributed by atoms with Gasteiger partial charge in [-0.2, -0.15) is 8.42 Å². The molecule has 1 atom stereocenters. The average Bonchev–Trinajstić information content (AvgIpc) is 1.85. The molecule has 1 fully saturated rings. The van der Waals surface area contributed by atoms with E-state index in [1.165, 1.54) is 0 Å². The maximum absolute atomic E-state index is 9.19. The van der Waals surface area contributed by atoms with Crippen molar-refractivity contribution in [2.75, 3.05) is 19.3 Å². The Kier molecular flexibility index (Phi) is 5.39. The third kappa shape index (κ3) is 12.5. The monoisotopic (exact) mass is 197 g/mol. The van der Waals surface area contributed by atoms with Gasteiger partial charge in [0.25, 0.3) is 10.1 Å². The lowest BCUT2D eigenvalue weighted by molar-refractivity contribution is 0.142. The molecule has 1 saturated heterocycles. The molecule has 0 radical (unpaired) electrons. The van der Waals surface area contributed by atoms with Gasteiger partial charge in [0.15, 0.2) is 0 Å². The van der Waals surface area contributed by atoms with Gasteiger partial charge in [-0.3, -0.25) is 4.55 Å². The van der Waals surface area contributed by atoms with Crippen LogP contribution in [0.15, 0.2) is 0 Å². The van der Waals surface area contributed by atoms with E-state index in [1.807, 2.05) is 0 Å². The quantitative estimate of drug-likeness (QED) is 0.444. The summed E-state index contributed by atoms with van der Waals surface area (Å²) in [7, 11) is -3.67. The molecule has 1 aliphatic rings. The second-order valence-electron chi connectivity index (χ2n) is 2.73. The molecule has 12 heavy (non-hydrogen) atoms. The summed E-state index contributed by atoms with van der Waals surface area (Å²) >= 11 is 0. The number of nitrogens with one attached hydrogen (secondary N) is 1. The van der Waals surface area contributed by atoms with E-state index in [0.29, 0.717) is 6.26 Å². The van der Waals surface area contributed by atoms with Crippen LogP contribution in [0.3, 0.4) is 0 Å². The van der Waals surface area contributed by atoms with Crippen molar-refractivity contribution in [3.8, 4) is 0 Å². The fraction of sp³-hybridized carbons (Fsp3) is 1.00. The van der Waals surface area contributed by atoms with Gasteiger partial charge in [-0.05, 0) is 19.4 Å².